The van der Waals surface area contributed by atoms with Gasteiger partial charge < -0.3 is 10.5 Å². The van der Waals surface area contributed by atoms with E-state index < -0.39 is 0 Å². The monoisotopic (exact) mass is 211 g/mol. The van der Waals surface area contributed by atoms with Crippen LogP contribution < -0.4 is 5.73 Å². The zero-order valence-corrected chi connectivity index (χ0v) is 10.1. The molecular formula is C11H21N3O. The smallest absolute Gasteiger partial charge is 0.0892 e. The maximum absolute atomic E-state index is 5.64. The molecule has 1 heterocycles. The largest absolute Gasteiger partial charge is 0.375 e. The van der Waals surface area contributed by atoms with Crippen molar-refractivity contribution in [3.8, 4) is 0 Å². The van der Waals surface area contributed by atoms with Crippen LogP contribution in [0.25, 0.3) is 0 Å². The highest BCUT2D eigenvalue weighted by molar-refractivity contribution is 5.22. The maximum Gasteiger partial charge on any atom is 0.0892 e. The molecule has 1 rings (SSSR count). The second-order valence-corrected chi connectivity index (χ2v) is 3.79. The summed E-state index contributed by atoms with van der Waals surface area (Å²) in [6, 6.07) is 0. The van der Waals surface area contributed by atoms with E-state index in [1.165, 1.54) is 11.3 Å². The topological polar surface area (TPSA) is 53.1 Å². The number of aromatic nitrogens is 2. The highest BCUT2D eigenvalue weighted by Crippen LogP contribution is 2.11. The molecule has 4 heteroatoms. The van der Waals surface area contributed by atoms with Gasteiger partial charge in [0.2, 0.25) is 0 Å². The van der Waals surface area contributed by atoms with Crippen molar-refractivity contribution in [1.82, 2.24) is 9.78 Å². The van der Waals surface area contributed by atoms with E-state index in [-0.39, 0.29) is 6.10 Å². The second kappa shape index (κ2) is 5.28. The lowest BCUT2D eigenvalue weighted by Crippen LogP contribution is -2.29. The fourth-order valence-corrected chi connectivity index (χ4v) is 1.59. The van der Waals surface area contributed by atoms with Gasteiger partial charge in [0.15, 0.2) is 0 Å². The van der Waals surface area contributed by atoms with Gasteiger partial charge in [-0.15, -0.1) is 0 Å². The quantitative estimate of drug-likeness (QED) is 0.795. The highest BCUT2D eigenvalue weighted by atomic mass is 16.5. The van der Waals surface area contributed by atoms with Crippen LogP contribution in [0.3, 0.4) is 0 Å². The molecule has 1 aromatic heterocycles. The van der Waals surface area contributed by atoms with Crippen molar-refractivity contribution in [3.63, 3.8) is 0 Å². The lowest BCUT2D eigenvalue weighted by Gasteiger charge is -2.15. The van der Waals surface area contributed by atoms with Crippen molar-refractivity contribution >= 4 is 0 Å². The molecule has 4 nitrogen and oxygen atoms in total. The van der Waals surface area contributed by atoms with E-state index in [1.54, 1.807) is 0 Å². The van der Waals surface area contributed by atoms with Crippen molar-refractivity contribution in [1.29, 1.82) is 0 Å². The van der Waals surface area contributed by atoms with Crippen LogP contribution in [0.15, 0.2) is 0 Å². The number of nitrogens with zero attached hydrogens (tertiary/aromatic N) is 2. The van der Waals surface area contributed by atoms with Crippen LogP contribution in [-0.2, 0) is 11.3 Å². The van der Waals surface area contributed by atoms with Gasteiger partial charge in [0.1, 0.15) is 0 Å². The summed E-state index contributed by atoms with van der Waals surface area (Å²) in [5.41, 5.74) is 9.17. The Morgan fingerprint density at radius 3 is 2.47 bits per heavy atom. The van der Waals surface area contributed by atoms with Gasteiger partial charge in [-0.3, -0.25) is 4.68 Å². The molecule has 0 aromatic carbocycles. The van der Waals surface area contributed by atoms with Gasteiger partial charge in [0.05, 0.1) is 18.3 Å². The Balaban J connectivity index is 2.74. The standard InChI is InChI=1S/C11H21N3O/c1-5-15-11(6-12)7-14-10(4)8(2)9(3)13-14/h11H,5-7,12H2,1-4H3. The SMILES string of the molecule is CCOC(CN)Cn1nc(C)c(C)c1C. The maximum atomic E-state index is 5.64. The Hall–Kier alpha value is -0.870. The van der Waals surface area contributed by atoms with E-state index in [1.807, 2.05) is 18.5 Å². The molecule has 1 unspecified atom stereocenters. The lowest BCUT2D eigenvalue weighted by molar-refractivity contribution is 0.0537. The fraction of sp³-hybridized carbons (Fsp3) is 0.727. The summed E-state index contributed by atoms with van der Waals surface area (Å²) in [6.07, 6.45) is 0.0624. The first-order valence-corrected chi connectivity index (χ1v) is 5.42. The summed E-state index contributed by atoms with van der Waals surface area (Å²) in [4.78, 5) is 0. The van der Waals surface area contributed by atoms with Crippen molar-refractivity contribution in [2.75, 3.05) is 13.2 Å². The third-order valence-corrected chi connectivity index (χ3v) is 2.79. The van der Waals surface area contributed by atoms with Gasteiger partial charge in [-0.25, -0.2) is 0 Å². The number of hydrogen-bond donors (Lipinski definition) is 1. The number of ether oxygens (including phenoxy) is 1. The lowest BCUT2D eigenvalue weighted by atomic mass is 10.2. The molecule has 0 aliphatic carbocycles. The van der Waals surface area contributed by atoms with Crippen molar-refractivity contribution in [2.24, 2.45) is 5.73 Å². The van der Waals surface area contributed by atoms with Crippen LogP contribution in [0, 0.1) is 20.8 Å². The molecular weight excluding hydrogens is 190 g/mol. The molecule has 2 N–H and O–H groups in total. The Morgan fingerprint density at radius 1 is 1.40 bits per heavy atom. The minimum Gasteiger partial charge on any atom is -0.375 e. The minimum absolute atomic E-state index is 0.0624. The number of aryl methyl sites for hydroxylation is 1. The number of rotatable bonds is 5. The second-order valence-electron chi connectivity index (χ2n) is 3.79. The zero-order chi connectivity index (χ0) is 11.4. The summed E-state index contributed by atoms with van der Waals surface area (Å²) in [7, 11) is 0. The molecule has 0 radical (unpaired) electrons. The molecule has 0 saturated carbocycles. The average Bonchev–Trinajstić information content (AvgIpc) is 2.46. The van der Waals surface area contributed by atoms with Crippen molar-refractivity contribution < 1.29 is 4.74 Å². The average molecular weight is 211 g/mol. The first-order valence-electron chi connectivity index (χ1n) is 5.42. The Bertz CT molecular complexity index is 320. The van der Waals surface area contributed by atoms with Crippen LogP contribution in [0.5, 0.6) is 0 Å². The van der Waals surface area contributed by atoms with E-state index in [2.05, 4.69) is 18.9 Å². The van der Waals surface area contributed by atoms with Crippen LogP contribution in [0.4, 0.5) is 0 Å². The van der Waals surface area contributed by atoms with E-state index in [0.29, 0.717) is 13.2 Å². The molecule has 15 heavy (non-hydrogen) atoms. The van der Waals surface area contributed by atoms with Gasteiger partial charge in [-0.05, 0) is 33.3 Å². The van der Waals surface area contributed by atoms with Gasteiger partial charge in [-0.2, -0.15) is 5.10 Å². The summed E-state index contributed by atoms with van der Waals surface area (Å²) < 4.78 is 7.50. The van der Waals surface area contributed by atoms with Crippen LogP contribution in [-0.4, -0.2) is 29.0 Å². The first-order chi connectivity index (χ1) is 7.10. The Labute approximate surface area is 91.4 Å². The van der Waals surface area contributed by atoms with Crippen LogP contribution in [0.1, 0.15) is 23.9 Å². The number of hydrogen-bond acceptors (Lipinski definition) is 3. The Morgan fingerprint density at radius 2 is 2.07 bits per heavy atom. The van der Waals surface area contributed by atoms with Crippen LogP contribution in [0.2, 0.25) is 0 Å². The summed E-state index contributed by atoms with van der Waals surface area (Å²) in [6.45, 7) is 10.1. The van der Waals surface area contributed by atoms with E-state index in [4.69, 9.17) is 10.5 Å². The molecule has 0 spiro atoms. The normalized spacial score (nSPS) is 13.1. The van der Waals surface area contributed by atoms with Gasteiger partial charge in [0.25, 0.3) is 0 Å². The molecule has 1 aromatic rings. The molecule has 0 fully saturated rings. The third kappa shape index (κ3) is 2.79. The van der Waals surface area contributed by atoms with Crippen LogP contribution >= 0.6 is 0 Å². The van der Waals surface area contributed by atoms with Gasteiger partial charge in [0, 0.05) is 18.8 Å². The summed E-state index contributed by atoms with van der Waals surface area (Å²) >= 11 is 0. The fourth-order valence-electron chi connectivity index (χ4n) is 1.59. The van der Waals surface area contributed by atoms with E-state index in [0.717, 1.165) is 12.2 Å². The highest BCUT2D eigenvalue weighted by Gasteiger charge is 2.12. The first kappa shape index (κ1) is 12.2. The number of nitrogens with two attached hydrogens (primary N) is 1. The zero-order valence-electron chi connectivity index (χ0n) is 10.1. The Kier molecular flexibility index (Phi) is 4.29. The molecule has 0 aliphatic heterocycles. The summed E-state index contributed by atoms with van der Waals surface area (Å²) in [5.74, 6) is 0. The molecule has 0 bridgehead atoms. The van der Waals surface area contributed by atoms with Gasteiger partial charge in [-0.1, -0.05) is 0 Å². The van der Waals surface area contributed by atoms with E-state index >= 15 is 0 Å². The third-order valence-electron chi connectivity index (χ3n) is 2.79. The molecule has 0 aliphatic rings. The van der Waals surface area contributed by atoms with Crippen molar-refractivity contribution in [3.05, 3.63) is 17.0 Å². The molecule has 0 saturated heterocycles. The predicted molar refractivity (Wildman–Crippen MR) is 60.9 cm³/mol. The predicted octanol–water partition coefficient (Wildman–Crippen LogP) is 1.17. The molecule has 0 amide bonds. The van der Waals surface area contributed by atoms with Gasteiger partial charge >= 0.3 is 0 Å². The molecule has 1 atom stereocenters. The molecule has 86 valence electrons. The summed E-state index contributed by atoms with van der Waals surface area (Å²) in [5, 5.41) is 4.46. The van der Waals surface area contributed by atoms with Crippen molar-refractivity contribution in [2.45, 2.75) is 40.3 Å². The minimum atomic E-state index is 0.0624. The van der Waals surface area contributed by atoms with E-state index in [9.17, 15) is 0 Å².